The molecule has 0 bridgehead atoms. The minimum absolute atomic E-state index is 0.537. The predicted molar refractivity (Wildman–Crippen MR) is 75.0 cm³/mol. The second kappa shape index (κ2) is 6.19. The number of rotatable bonds is 5. The maximum Gasteiger partial charge on any atom is 0.0723 e. The van der Waals surface area contributed by atoms with Gasteiger partial charge in [0.2, 0.25) is 0 Å². The Morgan fingerprint density at radius 1 is 0.889 bits per heavy atom. The first-order chi connectivity index (χ1) is 8.83. The van der Waals surface area contributed by atoms with Gasteiger partial charge in [0, 0.05) is 17.8 Å². The molecule has 2 aromatic rings. The molecule has 0 atom stereocenters. The summed E-state index contributed by atoms with van der Waals surface area (Å²) in [5.74, 6) is 0. The molecule has 0 saturated carbocycles. The lowest BCUT2D eigenvalue weighted by Crippen LogP contribution is -2.08. The van der Waals surface area contributed by atoms with Crippen molar-refractivity contribution in [3.05, 3.63) is 54.1 Å². The number of para-hydroxylation sites is 1. The van der Waals surface area contributed by atoms with E-state index < -0.39 is 0 Å². The van der Waals surface area contributed by atoms with E-state index in [1.807, 2.05) is 36.4 Å². The lowest BCUT2D eigenvalue weighted by Gasteiger charge is -2.11. The van der Waals surface area contributed by atoms with Gasteiger partial charge in [-0.3, -0.25) is 0 Å². The number of anilines is 1. The Kier molecular flexibility index (Phi) is 4.34. The first-order valence-electron chi connectivity index (χ1n) is 6.03. The van der Waals surface area contributed by atoms with Crippen molar-refractivity contribution in [3.8, 4) is 11.1 Å². The van der Waals surface area contributed by atoms with Gasteiger partial charge in [-0.25, -0.2) is 0 Å². The fourth-order valence-corrected chi connectivity index (χ4v) is 1.92. The molecule has 18 heavy (non-hydrogen) atoms. The highest BCUT2D eigenvalue weighted by molar-refractivity contribution is 5.78. The molecule has 0 radical (unpaired) electrons. The molecule has 0 heterocycles. The van der Waals surface area contributed by atoms with Crippen molar-refractivity contribution in [2.75, 3.05) is 18.9 Å². The topological polar surface area (TPSA) is 61.3 Å². The number of benzene rings is 2. The van der Waals surface area contributed by atoms with Gasteiger partial charge in [0.15, 0.2) is 0 Å². The molecule has 3 nitrogen and oxygen atoms in total. The molecule has 0 spiro atoms. The molecule has 0 aliphatic carbocycles. The molecule has 0 fully saturated rings. The minimum atomic E-state index is 0.537. The molecule has 0 saturated heterocycles. The average molecular weight is 242 g/mol. The maximum atomic E-state index is 6.02. The van der Waals surface area contributed by atoms with E-state index in [2.05, 4.69) is 12.1 Å². The molecule has 0 aliphatic rings. The monoisotopic (exact) mass is 242 g/mol. The van der Waals surface area contributed by atoms with Crippen molar-refractivity contribution in [2.45, 2.75) is 6.61 Å². The molecule has 0 amide bonds. The summed E-state index contributed by atoms with van der Waals surface area (Å²) in [4.78, 5) is 0. The summed E-state index contributed by atoms with van der Waals surface area (Å²) in [6.07, 6.45) is 0. The van der Waals surface area contributed by atoms with Crippen LogP contribution in [0, 0.1) is 0 Å². The summed E-state index contributed by atoms with van der Waals surface area (Å²) >= 11 is 0. The molecule has 4 N–H and O–H groups in total. The smallest absolute Gasteiger partial charge is 0.0723 e. The normalized spacial score (nSPS) is 10.5. The van der Waals surface area contributed by atoms with E-state index in [1.165, 1.54) is 0 Å². The first kappa shape index (κ1) is 12.6. The molecule has 0 aromatic heterocycles. The Hall–Kier alpha value is -1.84. The van der Waals surface area contributed by atoms with Crippen molar-refractivity contribution in [1.82, 2.24) is 0 Å². The van der Waals surface area contributed by atoms with Gasteiger partial charge in [-0.2, -0.15) is 0 Å². The van der Waals surface area contributed by atoms with E-state index in [1.54, 1.807) is 0 Å². The fourth-order valence-electron chi connectivity index (χ4n) is 1.92. The second-order valence-corrected chi connectivity index (χ2v) is 4.09. The summed E-state index contributed by atoms with van der Waals surface area (Å²) < 4.78 is 5.51. The fraction of sp³-hybridized carbons (Fsp3) is 0.200. The molecule has 94 valence electrons. The Balaban J connectivity index is 2.30. The van der Waals surface area contributed by atoms with E-state index in [0.717, 1.165) is 22.4 Å². The van der Waals surface area contributed by atoms with Gasteiger partial charge in [0.05, 0.1) is 13.2 Å². The van der Waals surface area contributed by atoms with Crippen LogP contribution in [0.1, 0.15) is 5.56 Å². The van der Waals surface area contributed by atoms with Gasteiger partial charge in [-0.15, -0.1) is 0 Å². The zero-order valence-electron chi connectivity index (χ0n) is 10.3. The van der Waals surface area contributed by atoms with E-state index >= 15 is 0 Å². The van der Waals surface area contributed by atoms with Crippen molar-refractivity contribution in [3.63, 3.8) is 0 Å². The zero-order valence-corrected chi connectivity index (χ0v) is 10.3. The molecule has 2 rings (SSSR count). The Morgan fingerprint density at radius 3 is 2.28 bits per heavy atom. The van der Waals surface area contributed by atoms with Crippen LogP contribution in [0.4, 0.5) is 5.69 Å². The summed E-state index contributed by atoms with van der Waals surface area (Å²) in [6, 6.07) is 16.0. The number of nitrogen functional groups attached to an aromatic ring is 1. The number of hydrogen-bond donors (Lipinski definition) is 2. The van der Waals surface area contributed by atoms with Crippen molar-refractivity contribution in [2.24, 2.45) is 5.73 Å². The van der Waals surface area contributed by atoms with Crippen molar-refractivity contribution in [1.29, 1.82) is 0 Å². The zero-order chi connectivity index (χ0) is 12.8. The Bertz CT molecular complexity index is 511. The lowest BCUT2D eigenvalue weighted by molar-refractivity contribution is 0.128. The summed E-state index contributed by atoms with van der Waals surface area (Å²) in [6.45, 7) is 1.66. The maximum absolute atomic E-state index is 6.02. The van der Waals surface area contributed by atoms with Crippen LogP contribution in [0.3, 0.4) is 0 Å². The molecule has 0 unspecified atom stereocenters. The first-order valence-corrected chi connectivity index (χ1v) is 6.03. The molecule has 0 aliphatic heterocycles. The second-order valence-electron chi connectivity index (χ2n) is 4.09. The SMILES string of the molecule is NCCOCc1ccccc1-c1ccccc1N. The third kappa shape index (κ3) is 2.88. The van der Waals surface area contributed by atoms with Crippen molar-refractivity contribution >= 4 is 5.69 Å². The van der Waals surface area contributed by atoms with Crippen LogP contribution in [0.25, 0.3) is 11.1 Å². The number of hydrogen-bond acceptors (Lipinski definition) is 3. The summed E-state index contributed by atoms with van der Waals surface area (Å²) in [5, 5.41) is 0. The van der Waals surface area contributed by atoms with Gasteiger partial charge in [-0.1, -0.05) is 42.5 Å². The van der Waals surface area contributed by atoms with Gasteiger partial charge >= 0.3 is 0 Å². The average Bonchev–Trinajstić information content (AvgIpc) is 2.40. The van der Waals surface area contributed by atoms with E-state index in [9.17, 15) is 0 Å². The van der Waals surface area contributed by atoms with Crippen LogP contribution >= 0.6 is 0 Å². The van der Waals surface area contributed by atoms with Crippen LogP contribution in [-0.4, -0.2) is 13.2 Å². The van der Waals surface area contributed by atoms with Crippen LogP contribution in [0.5, 0.6) is 0 Å². The highest BCUT2D eigenvalue weighted by Crippen LogP contribution is 2.28. The quantitative estimate of drug-likeness (QED) is 0.625. The molecular weight excluding hydrogens is 224 g/mol. The highest BCUT2D eigenvalue weighted by atomic mass is 16.5. The minimum Gasteiger partial charge on any atom is -0.398 e. The van der Waals surface area contributed by atoms with Crippen LogP contribution in [-0.2, 0) is 11.3 Å². The molecule has 2 aromatic carbocycles. The predicted octanol–water partition coefficient (Wildman–Crippen LogP) is 2.41. The van der Waals surface area contributed by atoms with Crippen LogP contribution in [0.2, 0.25) is 0 Å². The van der Waals surface area contributed by atoms with E-state index in [4.69, 9.17) is 16.2 Å². The van der Waals surface area contributed by atoms with Gasteiger partial charge in [0.25, 0.3) is 0 Å². The standard InChI is InChI=1S/C15H18N2O/c16-9-10-18-11-12-5-1-2-6-13(12)14-7-3-4-8-15(14)17/h1-8H,9-11,16-17H2. The molecular formula is C15H18N2O. The largest absolute Gasteiger partial charge is 0.398 e. The summed E-state index contributed by atoms with van der Waals surface area (Å²) in [5.41, 5.74) is 15.5. The number of ether oxygens (including phenoxy) is 1. The van der Waals surface area contributed by atoms with E-state index in [-0.39, 0.29) is 0 Å². The number of nitrogens with two attached hydrogens (primary N) is 2. The Morgan fingerprint density at radius 2 is 1.56 bits per heavy atom. The van der Waals surface area contributed by atoms with Crippen LogP contribution in [0.15, 0.2) is 48.5 Å². The van der Waals surface area contributed by atoms with Crippen LogP contribution < -0.4 is 11.5 Å². The summed E-state index contributed by atoms with van der Waals surface area (Å²) in [7, 11) is 0. The molecule has 3 heteroatoms. The highest BCUT2D eigenvalue weighted by Gasteiger charge is 2.06. The van der Waals surface area contributed by atoms with Gasteiger partial charge < -0.3 is 16.2 Å². The third-order valence-electron chi connectivity index (χ3n) is 2.79. The lowest BCUT2D eigenvalue weighted by atomic mass is 9.99. The third-order valence-corrected chi connectivity index (χ3v) is 2.79. The van der Waals surface area contributed by atoms with Crippen molar-refractivity contribution < 1.29 is 4.74 Å². The van der Waals surface area contributed by atoms with Gasteiger partial charge in [0.1, 0.15) is 0 Å². The Labute approximate surface area is 107 Å². The van der Waals surface area contributed by atoms with E-state index in [0.29, 0.717) is 19.8 Å². The van der Waals surface area contributed by atoms with Gasteiger partial charge in [-0.05, 0) is 17.2 Å².